The Kier molecular flexibility index (Phi) is 53.7. The van der Waals surface area contributed by atoms with E-state index in [2.05, 4.69) is 125 Å². The lowest BCUT2D eigenvalue weighted by Crippen LogP contribution is -2.21. The molecular formula is C112H168O24. The Morgan fingerprint density at radius 2 is 0.235 bits per heavy atom. The Morgan fingerprint density at radius 3 is 0.309 bits per heavy atom. The van der Waals surface area contributed by atoms with Gasteiger partial charge in [0.1, 0.15) is 46.0 Å². The maximum Gasteiger partial charge on any atom is 0.126 e. The Balaban J connectivity index is 0.000000321. The van der Waals surface area contributed by atoms with Gasteiger partial charge < -0.3 is 117 Å². The van der Waals surface area contributed by atoms with Crippen LogP contribution in [0.4, 0.5) is 0 Å². The smallest absolute Gasteiger partial charge is 0.126 e. The lowest BCUT2D eigenvalue weighted by molar-refractivity contribution is 0.113. The quantitative estimate of drug-likeness (QED) is 0.0164. The molecule has 0 amide bonds. The minimum absolute atomic E-state index is 0.197. The van der Waals surface area contributed by atoms with Crippen LogP contribution in [-0.2, 0) is 203 Å². The van der Waals surface area contributed by atoms with Crippen molar-refractivity contribution in [3.8, 4) is 46.0 Å². The zero-order valence-electron chi connectivity index (χ0n) is 86.8. The molecule has 0 aliphatic carbocycles. The second-order valence-electron chi connectivity index (χ2n) is 36.8. The molecule has 8 aromatic carbocycles. The molecule has 0 radical (unpaired) electrons. The standard InChI is InChI=1S/C31H48O6.C29H44O6.C27H40O6.C25H36O6/c1-7-11-34-19-23-15-27(16-24(29(23)32)20-35-12-8-2)31(5,6)28-17-25(21-36-13-9-3)30(33)26(18-28)22-37-14-10-4;1-7-10-33-18-22-14-25(13-21(17-32-6)27(22)30)29(4,5)26-15-23(19-34-11-8-2)28(31)24(16-26)20-35-12-9-3;1-7-9-32-17-21-13-23(11-19(15-30-5)25(21)28)27(3,4)24-12-20(16-31-6)26(29)22(14-24)18-33-10-8-2;1-7-8-31-16-20-12-22(11-19(15-30-6)24(20)27)25(2,3)21-9-17(13-28-4)23(26)18(10-21)14-29-5/h15-18,32-33H,7-14,19-22H2,1-6H3;13-16,30-31H,7-12,17-20H2,1-6H3;11-14,28-29H,7-10,15-18H2,1-6H3;9-12,26-27H,7-8,13-16H2,1-6H3. The van der Waals surface area contributed by atoms with Crippen molar-refractivity contribution in [3.05, 3.63) is 231 Å². The maximum atomic E-state index is 11.0. The lowest BCUT2D eigenvalue weighted by Gasteiger charge is -2.29. The first kappa shape index (κ1) is 118. The Bertz CT molecular complexity index is 4550. The molecule has 8 rings (SSSR count). The second-order valence-corrected chi connectivity index (χ2v) is 36.8. The van der Waals surface area contributed by atoms with Crippen molar-refractivity contribution in [3.63, 3.8) is 0 Å². The predicted molar refractivity (Wildman–Crippen MR) is 537 cm³/mol. The van der Waals surface area contributed by atoms with Gasteiger partial charge in [-0.15, -0.1) is 0 Å². The number of phenolic OH excluding ortho intramolecular Hbond substituents is 8. The number of aromatic hydroxyl groups is 8. The summed E-state index contributed by atoms with van der Waals surface area (Å²) in [5, 5.41) is 86.6. The van der Waals surface area contributed by atoms with Gasteiger partial charge in [0.2, 0.25) is 0 Å². The number of hydrogen-bond acceptors (Lipinski definition) is 24. The number of phenols is 8. The van der Waals surface area contributed by atoms with Gasteiger partial charge in [0.05, 0.1) is 106 Å². The molecule has 0 bridgehead atoms. The first-order valence-corrected chi connectivity index (χ1v) is 48.7. The largest absolute Gasteiger partial charge is 0.507 e. The van der Waals surface area contributed by atoms with Crippen molar-refractivity contribution in [2.24, 2.45) is 0 Å². The van der Waals surface area contributed by atoms with Crippen LogP contribution in [0.2, 0.25) is 0 Å². The molecule has 0 atom stereocenters. The molecule has 0 spiro atoms. The van der Waals surface area contributed by atoms with Crippen molar-refractivity contribution in [1.82, 2.24) is 0 Å². The molecule has 24 heteroatoms. The van der Waals surface area contributed by atoms with Gasteiger partial charge in [0.15, 0.2) is 0 Å². The van der Waals surface area contributed by atoms with E-state index < -0.39 is 21.7 Å². The van der Waals surface area contributed by atoms with Gasteiger partial charge in [0.25, 0.3) is 0 Å². The summed E-state index contributed by atoms with van der Waals surface area (Å²) in [7, 11) is 9.67. The van der Waals surface area contributed by atoms with E-state index in [0.29, 0.717) is 183 Å². The summed E-state index contributed by atoms with van der Waals surface area (Å²) in [5.74, 6) is 1.76. The van der Waals surface area contributed by atoms with Crippen LogP contribution in [0, 0.1) is 0 Å². The summed E-state index contributed by atoms with van der Waals surface area (Å²) >= 11 is 0. The van der Waals surface area contributed by atoms with Crippen molar-refractivity contribution in [2.45, 2.75) is 316 Å². The fraction of sp³-hybridized carbons (Fsp3) is 0.571. The molecule has 24 nitrogen and oxygen atoms in total. The normalized spacial score (nSPS) is 11.8. The Morgan fingerprint density at radius 1 is 0.154 bits per heavy atom. The SMILES string of the molecule is CCCOCc1cc(C(C)(C)c2cc(COC)c(O)c(COC)c2)cc(COC)c1O.CCCOCc1cc(C(C)(C)c2cc(COC)c(O)c(COCCC)c2)cc(COC)c1O.CCCOCc1cc(C(C)(C)c2cc(COCCC)c(O)c(COCCC)c2)cc(COC)c1O.CCCOCc1cc(C(C)(C)c2cc(COCCC)c(O)c(COCCC)c2)cc(COCCC)c1O. The third-order valence-corrected chi connectivity index (χ3v) is 23.8. The molecule has 0 saturated carbocycles. The highest BCUT2D eigenvalue weighted by Crippen LogP contribution is 2.46. The second kappa shape index (κ2) is 61.9. The average Bonchev–Trinajstić information content (AvgIpc) is 0.778. The molecule has 0 aliphatic rings. The fourth-order valence-corrected chi connectivity index (χ4v) is 15.6. The maximum absolute atomic E-state index is 11.0. The number of ether oxygens (including phenoxy) is 16. The van der Waals surface area contributed by atoms with Crippen LogP contribution in [0.5, 0.6) is 46.0 Å². The molecule has 0 unspecified atom stereocenters. The minimum Gasteiger partial charge on any atom is -0.507 e. The van der Waals surface area contributed by atoms with Gasteiger partial charge in [-0.2, -0.15) is 0 Å². The van der Waals surface area contributed by atoms with E-state index in [1.807, 2.05) is 97.1 Å². The van der Waals surface area contributed by atoms with Crippen molar-refractivity contribution < 1.29 is 117 Å². The molecule has 0 heterocycles. The third-order valence-electron chi connectivity index (χ3n) is 23.8. The van der Waals surface area contributed by atoms with E-state index in [-0.39, 0.29) is 46.0 Å². The number of hydrogen-bond donors (Lipinski definition) is 8. The van der Waals surface area contributed by atoms with E-state index in [9.17, 15) is 40.9 Å². The van der Waals surface area contributed by atoms with Crippen LogP contribution in [-0.4, -0.2) is 150 Å². The van der Waals surface area contributed by atoms with Crippen LogP contribution in [0.25, 0.3) is 0 Å². The van der Waals surface area contributed by atoms with Gasteiger partial charge in [-0.3, -0.25) is 0 Å². The predicted octanol–water partition coefficient (Wildman–Crippen LogP) is 23.8. The van der Waals surface area contributed by atoms with E-state index in [1.54, 1.807) is 42.7 Å². The Labute approximate surface area is 813 Å². The minimum atomic E-state index is -0.431. The molecular weight excluding hydrogens is 1730 g/mol. The summed E-state index contributed by atoms with van der Waals surface area (Å²) in [6, 6.07) is 32.0. The van der Waals surface area contributed by atoms with Crippen LogP contribution >= 0.6 is 0 Å². The van der Waals surface area contributed by atoms with Crippen LogP contribution in [0.15, 0.2) is 97.1 Å². The topological polar surface area (TPSA) is 310 Å². The summed E-state index contributed by atoms with van der Waals surface area (Å²) < 4.78 is 89.6. The number of methoxy groups -OCH3 is 6. The molecule has 0 saturated heterocycles. The molecule has 760 valence electrons. The van der Waals surface area contributed by atoms with Gasteiger partial charge in [-0.25, -0.2) is 0 Å². The number of benzene rings is 8. The lowest BCUT2D eigenvalue weighted by atomic mass is 9.76. The molecule has 8 aromatic rings. The summed E-state index contributed by atoms with van der Waals surface area (Å²) in [5.41, 5.74) is 18.3. The zero-order valence-corrected chi connectivity index (χ0v) is 86.8. The van der Waals surface area contributed by atoms with Crippen molar-refractivity contribution in [1.29, 1.82) is 0 Å². The first-order chi connectivity index (χ1) is 65.2. The van der Waals surface area contributed by atoms with E-state index in [0.717, 1.165) is 187 Å². The highest BCUT2D eigenvalue weighted by atomic mass is 16.5. The monoisotopic (exact) mass is 1900 g/mol. The van der Waals surface area contributed by atoms with Crippen LogP contribution in [0.1, 0.15) is 322 Å². The first-order valence-electron chi connectivity index (χ1n) is 48.7. The summed E-state index contributed by atoms with van der Waals surface area (Å²) in [6.07, 6.45) is 9.13. The van der Waals surface area contributed by atoms with E-state index >= 15 is 0 Å². The van der Waals surface area contributed by atoms with Crippen molar-refractivity contribution in [2.75, 3.05) is 109 Å². The van der Waals surface area contributed by atoms with Gasteiger partial charge >= 0.3 is 0 Å². The Hall–Kier alpha value is -8.48. The molecule has 0 aromatic heterocycles. The fourth-order valence-electron chi connectivity index (χ4n) is 15.6. The third kappa shape index (κ3) is 35.1. The highest BCUT2D eigenvalue weighted by molar-refractivity contribution is 5.58. The molecule has 0 fully saturated rings. The molecule has 8 N–H and O–H groups in total. The zero-order chi connectivity index (χ0) is 101. The van der Waals surface area contributed by atoms with E-state index in [1.165, 1.54) is 0 Å². The van der Waals surface area contributed by atoms with Crippen LogP contribution < -0.4 is 0 Å². The highest BCUT2D eigenvalue weighted by Gasteiger charge is 2.34. The van der Waals surface area contributed by atoms with Gasteiger partial charge in [0, 0.05) is 219 Å². The van der Waals surface area contributed by atoms with Gasteiger partial charge in [-0.1, -0.05) is 125 Å². The van der Waals surface area contributed by atoms with Crippen molar-refractivity contribution >= 4 is 0 Å². The average molecular weight is 1900 g/mol. The van der Waals surface area contributed by atoms with Crippen LogP contribution in [0.3, 0.4) is 0 Å². The summed E-state index contributed by atoms with van der Waals surface area (Å²) in [4.78, 5) is 0. The van der Waals surface area contributed by atoms with E-state index in [4.69, 9.17) is 75.8 Å². The molecule has 136 heavy (non-hydrogen) atoms. The molecule has 0 aliphatic heterocycles. The summed E-state index contributed by atoms with van der Waals surface area (Å²) in [6.45, 7) is 49.2. The van der Waals surface area contributed by atoms with Gasteiger partial charge in [-0.05, 0) is 206 Å². The number of rotatable bonds is 60.